The van der Waals surface area contributed by atoms with Gasteiger partial charge < -0.3 is 4.90 Å². The van der Waals surface area contributed by atoms with Gasteiger partial charge in [0.05, 0.1) is 18.2 Å². The third kappa shape index (κ3) is 4.74. The highest BCUT2D eigenvalue weighted by Gasteiger charge is 2.15. The number of nitriles is 1. The van der Waals surface area contributed by atoms with Crippen molar-refractivity contribution in [2.75, 3.05) is 4.90 Å². The third-order valence-electron chi connectivity index (χ3n) is 6.90. The maximum Gasteiger partial charge on any atom is 0.187 e. The molecule has 0 fully saturated rings. The second-order valence-corrected chi connectivity index (χ2v) is 9.28. The normalized spacial score (nSPS) is 10.5. The van der Waals surface area contributed by atoms with Crippen LogP contribution in [0.25, 0.3) is 37.9 Å². The van der Waals surface area contributed by atoms with E-state index in [0.29, 0.717) is 11.3 Å². The molecule has 0 aliphatic rings. The van der Waals surface area contributed by atoms with Gasteiger partial charge in [0.25, 0.3) is 0 Å². The molecule has 6 aromatic rings. The van der Waals surface area contributed by atoms with Crippen LogP contribution in [-0.2, 0) is 0 Å². The number of fused-ring (bicyclic) bond motifs is 1. The number of rotatable bonds is 5. The van der Waals surface area contributed by atoms with Crippen molar-refractivity contribution >= 4 is 33.5 Å². The Morgan fingerprint density at radius 1 is 0.538 bits per heavy atom. The van der Waals surface area contributed by atoms with Crippen molar-refractivity contribution in [3.8, 4) is 28.3 Å². The van der Waals surface area contributed by atoms with Gasteiger partial charge in [-0.25, -0.2) is 4.85 Å². The molecule has 0 aliphatic carbocycles. The van der Waals surface area contributed by atoms with Crippen LogP contribution in [0.1, 0.15) is 5.56 Å². The molecule has 0 spiro atoms. The molecule has 3 heteroatoms. The fourth-order valence-electron chi connectivity index (χ4n) is 4.93. The fraction of sp³-hybridized carbons (Fsp3) is 0. The number of benzene rings is 6. The average Bonchev–Trinajstić information content (AvgIpc) is 3.02. The van der Waals surface area contributed by atoms with Gasteiger partial charge in [-0.3, -0.25) is 0 Å². The first-order chi connectivity index (χ1) is 19.2. The van der Waals surface area contributed by atoms with E-state index in [-0.39, 0.29) is 0 Å². The van der Waals surface area contributed by atoms with Crippen molar-refractivity contribution in [1.29, 1.82) is 5.26 Å². The van der Waals surface area contributed by atoms with E-state index in [0.717, 1.165) is 22.6 Å². The van der Waals surface area contributed by atoms with E-state index < -0.39 is 0 Å². The van der Waals surface area contributed by atoms with Crippen molar-refractivity contribution in [3.05, 3.63) is 157 Å². The molecule has 0 radical (unpaired) electrons. The molecule has 6 rings (SSSR count). The van der Waals surface area contributed by atoms with E-state index in [4.69, 9.17) is 6.57 Å². The fourth-order valence-corrected chi connectivity index (χ4v) is 4.93. The average molecular weight is 498 g/mol. The van der Waals surface area contributed by atoms with E-state index in [2.05, 4.69) is 101 Å². The Balaban J connectivity index is 1.46. The summed E-state index contributed by atoms with van der Waals surface area (Å²) in [6.07, 6.45) is 0. The zero-order chi connectivity index (χ0) is 26.6. The Morgan fingerprint density at radius 3 is 1.51 bits per heavy atom. The minimum atomic E-state index is 0.596. The van der Waals surface area contributed by atoms with Crippen molar-refractivity contribution < 1.29 is 0 Å². The van der Waals surface area contributed by atoms with Gasteiger partial charge in [-0.2, -0.15) is 5.26 Å². The van der Waals surface area contributed by atoms with Crippen molar-refractivity contribution in [2.24, 2.45) is 0 Å². The molecule has 0 unspecified atom stereocenters. The smallest absolute Gasteiger partial charge is 0.187 e. The minimum absolute atomic E-state index is 0.596. The number of hydrogen-bond donors (Lipinski definition) is 0. The Hall–Kier alpha value is -5.64. The summed E-state index contributed by atoms with van der Waals surface area (Å²) in [6, 6.07) is 49.4. The first kappa shape index (κ1) is 23.7. The van der Waals surface area contributed by atoms with Gasteiger partial charge in [-0.15, -0.1) is 0 Å². The summed E-state index contributed by atoms with van der Waals surface area (Å²) < 4.78 is 0. The molecule has 182 valence electrons. The van der Waals surface area contributed by atoms with Gasteiger partial charge in [0.2, 0.25) is 0 Å². The molecule has 0 N–H and O–H groups in total. The summed E-state index contributed by atoms with van der Waals surface area (Å²) in [6.45, 7) is 7.31. The largest absolute Gasteiger partial charge is 0.311 e. The Bertz CT molecular complexity index is 1780. The molecule has 39 heavy (non-hydrogen) atoms. The lowest BCUT2D eigenvalue weighted by atomic mass is 9.91. The van der Waals surface area contributed by atoms with E-state index in [1.54, 1.807) is 0 Å². The Labute approximate surface area is 228 Å². The van der Waals surface area contributed by atoms with Crippen LogP contribution in [0.3, 0.4) is 0 Å². The zero-order valence-electron chi connectivity index (χ0n) is 21.1. The van der Waals surface area contributed by atoms with E-state index in [1.165, 1.54) is 27.5 Å². The number of nitrogens with zero attached hydrogens (tertiary/aromatic N) is 3. The van der Waals surface area contributed by atoms with Crippen molar-refractivity contribution in [1.82, 2.24) is 0 Å². The van der Waals surface area contributed by atoms with Gasteiger partial charge in [0, 0.05) is 17.1 Å². The second-order valence-electron chi connectivity index (χ2n) is 9.28. The summed E-state index contributed by atoms with van der Waals surface area (Å²) in [5, 5.41) is 11.7. The topological polar surface area (TPSA) is 31.4 Å². The van der Waals surface area contributed by atoms with Crippen LogP contribution in [0, 0.1) is 17.9 Å². The second kappa shape index (κ2) is 10.4. The molecular weight excluding hydrogens is 474 g/mol. The first-order valence-corrected chi connectivity index (χ1v) is 12.7. The van der Waals surface area contributed by atoms with Gasteiger partial charge in [0.1, 0.15) is 0 Å². The Morgan fingerprint density at radius 2 is 1.00 bits per heavy atom. The maximum atomic E-state index is 9.28. The molecule has 0 aliphatic heterocycles. The molecule has 3 nitrogen and oxygen atoms in total. The Kier molecular flexibility index (Phi) is 6.32. The molecule has 6 aromatic carbocycles. The minimum Gasteiger partial charge on any atom is -0.311 e. The molecule has 0 atom stereocenters. The van der Waals surface area contributed by atoms with Crippen molar-refractivity contribution in [3.63, 3.8) is 0 Å². The lowest BCUT2D eigenvalue weighted by Crippen LogP contribution is -2.09. The quantitative estimate of drug-likeness (QED) is 0.222. The predicted octanol–water partition coefficient (Wildman–Crippen LogP) is 10.1. The number of anilines is 3. The van der Waals surface area contributed by atoms with E-state index in [1.807, 2.05) is 54.6 Å². The van der Waals surface area contributed by atoms with Gasteiger partial charge in [-0.1, -0.05) is 78.9 Å². The summed E-state index contributed by atoms with van der Waals surface area (Å²) in [5.74, 6) is 0. The van der Waals surface area contributed by atoms with E-state index >= 15 is 0 Å². The van der Waals surface area contributed by atoms with Crippen LogP contribution >= 0.6 is 0 Å². The van der Waals surface area contributed by atoms with E-state index in [9.17, 15) is 5.26 Å². The van der Waals surface area contributed by atoms with Crippen LogP contribution in [0.15, 0.2) is 140 Å². The standard InChI is InChI=1S/C36H23N3/c1-38-31-15-21-34(22-16-31)39(32-17-11-26(25-37)12-18-32)33-19-13-28(14-20-33)36-24-30-10-6-5-9-29(30)23-35(36)27-7-3-2-4-8-27/h2-24H. The summed E-state index contributed by atoms with van der Waals surface area (Å²) in [7, 11) is 0. The summed E-state index contributed by atoms with van der Waals surface area (Å²) >= 11 is 0. The SMILES string of the molecule is [C-]#[N+]c1ccc(N(c2ccc(C#N)cc2)c2ccc(-c3cc4ccccc4cc3-c3ccccc3)cc2)cc1. The highest BCUT2D eigenvalue weighted by Crippen LogP contribution is 2.39. The van der Waals surface area contributed by atoms with Crippen LogP contribution in [0.5, 0.6) is 0 Å². The van der Waals surface area contributed by atoms with Gasteiger partial charge >= 0.3 is 0 Å². The van der Waals surface area contributed by atoms with Crippen LogP contribution in [-0.4, -0.2) is 0 Å². The molecule has 0 saturated heterocycles. The summed E-state index contributed by atoms with van der Waals surface area (Å²) in [5.41, 5.74) is 8.76. The molecule has 0 bridgehead atoms. The molecular formula is C36H23N3. The predicted molar refractivity (Wildman–Crippen MR) is 160 cm³/mol. The molecule has 0 amide bonds. The lowest BCUT2D eigenvalue weighted by Gasteiger charge is -2.26. The van der Waals surface area contributed by atoms with Crippen molar-refractivity contribution in [2.45, 2.75) is 0 Å². The zero-order valence-corrected chi connectivity index (χ0v) is 21.1. The lowest BCUT2D eigenvalue weighted by molar-refractivity contribution is 1.28. The monoisotopic (exact) mass is 497 g/mol. The number of hydrogen-bond acceptors (Lipinski definition) is 2. The molecule has 0 saturated carbocycles. The third-order valence-corrected chi connectivity index (χ3v) is 6.90. The first-order valence-electron chi connectivity index (χ1n) is 12.7. The highest BCUT2D eigenvalue weighted by molar-refractivity contribution is 5.96. The van der Waals surface area contributed by atoms with Gasteiger partial charge in [0.15, 0.2) is 5.69 Å². The van der Waals surface area contributed by atoms with Crippen LogP contribution in [0.4, 0.5) is 22.7 Å². The highest BCUT2D eigenvalue weighted by atomic mass is 15.1. The van der Waals surface area contributed by atoms with Crippen LogP contribution in [0.2, 0.25) is 0 Å². The molecule has 0 heterocycles. The summed E-state index contributed by atoms with van der Waals surface area (Å²) in [4.78, 5) is 5.67. The van der Waals surface area contributed by atoms with Gasteiger partial charge in [-0.05, 0) is 93.7 Å². The maximum absolute atomic E-state index is 9.28. The molecule has 0 aromatic heterocycles. The van der Waals surface area contributed by atoms with Crippen LogP contribution < -0.4 is 4.90 Å².